The molecule has 0 spiro atoms. The molecule has 0 aromatic heterocycles. The van der Waals surface area contributed by atoms with Crippen molar-refractivity contribution >= 4 is 17.8 Å². The molecule has 0 aliphatic carbocycles. The largest absolute Gasteiger partial charge is 0.460 e. The number of esters is 1. The molecule has 0 aromatic carbocycles. The van der Waals surface area contributed by atoms with Gasteiger partial charge in [-0.15, -0.1) is 0 Å². The molecule has 1 saturated heterocycles. The molecule has 6 heteroatoms. The third-order valence-electron chi connectivity index (χ3n) is 2.94. The Morgan fingerprint density at radius 1 is 1.37 bits per heavy atom. The summed E-state index contributed by atoms with van der Waals surface area (Å²) in [6.45, 7) is 9.28. The van der Waals surface area contributed by atoms with Crippen molar-refractivity contribution in [1.82, 2.24) is 10.2 Å². The number of imide groups is 1. The van der Waals surface area contributed by atoms with Crippen LogP contribution < -0.4 is 5.32 Å². The number of nitrogens with zero attached hydrogens (tertiary/aromatic N) is 1. The second-order valence-electron chi connectivity index (χ2n) is 6.19. The number of nitrogens with one attached hydrogen (secondary N) is 1. The van der Waals surface area contributed by atoms with Gasteiger partial charge in [-0.25, -0.2) is 0 Å². The summed E-state index contributed by atoms with van der Waals surface area (Å²) < 4.78 is 5.20. The van der Waals surface area contributed by atoms with E-state index in [0.29, 0.717) is 6.54 Å². The summed E-state index contributed by atoms with van der Waals surface area (Å²) >= 11 is 0. The summed E-state index contributed by atoms with van der Waals surface area (Å²) in [6.07, 6.45) is 0.154. The quantitative estimate of drug-likeness (QED) is 0.595. The van der Waals surface area contributed by atoms with E-state index in [-0.39, 0.29) is 30.7 Å². The minimum atomic E-state index is -0.796. The molecule has 1 heterocycles. The zero-order valence-corrected chi connectivity index (χ0v) is 12.2. The molecule has 1 fully saturated rings. The molecule has 19 heavy (non-hydrogen) atoms. The Morgan fingerprint density at radius 3 is 2.47 bits per heavy atom. The first kappa shape index (κ1) is 15.6. The van der Waals surface area contributed by atoms with Crippen molar-refractivity contribution in [2.45, 2.75) is 52.2 Å². The van der Waals surface area contributed by atoms with E-state index >= 15 is 0 Å². The zero-order valence-electron chi connectivity index (χ0n) is 12.2. The fraction of sp³-hybridized carbons (Fsp3) is 0.769. The van der Waals surface area contributed by atoms with E-state index in [1.54, 1.807) is 39.5 Å². The first-order valence-electron chi connectivity index (χ1n) is 6.33. The number of carbonyl (C=O) groups excluding carboxylic acids is 3. The van der Waals surface area contributed by atoms with E-state index in [2.05, 4.69) is 5.32 Å². The van der Waals surface area contributed by atoms with Gasteiger partial charge in [-0.2, -0.15) is 0 Å². The van der Waals surface area contributed by atoms with Crippen LogP contribution in [0.15, 0.2) is 0 Å². The van der Waals surface area contributed by atoms with Crippen LogP contribution >= 0.6 is 0 Å². The van der Waals surface area contributed by atoms with Gasteiger partial charge in [-0.05, 0) is 34.6 Å². The van der Waals surface area contributed by atoms with Gasteiger partial charge in [0.2, 0.25) is 11.8 Å². The fourth-order valence-electron chi connectivity index (χ4n) is 1.81. The van der Waals surface area contributed by atoms with Crippen LogP contribution in [0.5, 0.6) is 0 Å². The average Bonchev–Trinajstić information content (AvgIpc) is 2.19. The highest BCUT2D eigenvalue weighted by Crippen LogP contribution is 2.18. The normalized spacial score (nSPS) is 20.1. The highest BCUT2D eigenvalue weighted by molar-refractivity contribution is 6.02. The van der Waals surface area contributed by atoms with E-state index in [1.165, 1.54) is 0 Å². The summed E-state index contributed by atoms with van der Waals surface area (Å²) in [5.74, 6) is -1.01. The van der Waals surface area contributed by atoms with Crippen LogP contribution in [0.4, 0.5) is 0 Å². The topological polar surface area (TPSA) is 75.7 Å². The molecule has 0 bridgehead atoms. The molecule has 0 unspecified atom stereocenters. The highest BCUT2D eigenvalue weighted by Gasteiger charge is 2.40. The lowest BCUT2D eigenvalue weighted by Gasteiger charge is -2.40. The Labute approximate surface area is 113 Å². The van der Waals surface area contributed by atoms with Crippen molar-refractivity contribution in [3.05, 3.63) is 0 Å². The highest BCUT2D eigenvalue weighted by atomic mass is 16.6. The van der Waals surface area contributed by atoms with Crippen molar-refractivity contribution < 1.29 is 19.1 Å². The Balaban J connectivity index is 2.58. The number of hydrogen-bond acceptors (Lipinski definition) is 5. The van der Waals surface area contributed by atoms with Crippen molar-refractivity contribution in [3.8, 4) is 0 Å². The standard InChI is InChI=1S/C13H22N2O4/c1-12(2,3)19-10(17)6-7-15-8-9(16)14-11(18)13(15,4)5/h6-8H2,1-5H3,(H,14,16,18). The maximum absolute atomic E-state index is 11.7. The zero-order chi connectivity index (χ0) is 14.8. The monoisotopic (exact) mass is 270 g/mol. The minimum Gasteiger partial charge on any atom is -0.460 e. The lowest BCUT2D eigenvalue weighted by atomic mass is 9.98. The van der Waals surface area contributed by atoms with Crippen LogP contribution in [0.3, 0.4) is 0 Å². The maximum Gasteiger partial charge on any atom is 0.307 e. The lowest BCUT2D eigenvalue weighted by molar-refractivity contribution is -0.157. The molecular formula is C13H22N2O4. The summed E-state index contributed by atoms with van der Waals surface area (Å²) in [6, 6.07) is 0. The molecule has 6 nitrogen and oxygen atoms in total. The Morgan fingerprint density at radius 2 is 1.95 bits per heavy atom. The van der Waals surface area contributed by atoms with E-state index in [9.17, 15) is 14.4 Å². The van der Waals surface area contributed by atoms with Gasteiger partial charge < -0.3 is 4.74 Å². The molecule has 1 aliphatic heterocycles. The molecule has 1 rings (SSSR count). The average molecular weight is 270 g/mol. The van der Waals surface area contributed by atoms with Crippen LogP contribution in [-0.2, 0) is 19.1 Å². The summed E-state index contributed by atoms with van der Waals surface area (Å²) in [7, 11) is 0. The SMILES string of the molecule is CC(C)(C)OC(=O)CCN1CC(=O)NC(=O)C1(C)C. The lowest BCUT2D eigenvalue weighted by Crippen LogP contribution is -2.64. The van der Waals surface area contributed by atoms with E-state index in [1.807, 2.05) is 0 Å². The van der Waals surface area contributed by atoms with E-state index in [0.717, 1.165) is 0 Å². The van der Waals surface area contributed by atoms with Crippen LogP contribution in [0.2, 0.25) is 0 Å². The molecular weight excluding hydrogens is 248 g/mol. The number of amides is 2. The number of piperazine rings is 1. The molecule has 1 N–H and O–H groups in total. The Hall–Kier alpha value is -1.43. The van der Waals surface area contributed by atoms with E-state index in [4.69, 9.17) is 4.74 Å². The van der Waals surface area contributed by atoms with Gasteiger partial charge in [0.05, 0.1) is 18.5 Å². The first-order valence-corrected chi connectivity index (χ1v) is 6.33. The van der Waals surface area contributed by atoms with Crippen LogP contribution in [-0.4, -0.2) is 46.9 Å². The minimum absolute atomic E-state index is 0.113. The van der Waals surface area contributed by atoms with Crippen LogP contribution in [0, 0.1) is 0 Å². The third-order valence-corrected chi connectivity index (χ3v) is 2.94. The molecule has 2 amide bonds. The van der Waals surface area contributed by atoms with Gasteiger partial charge in [-0.1, -0.05) is 0 Å². The first-order chi connectivity index (χ1) is 8.52. The van der Waals surface area contributed by atoms with Crippen LogP contribution in [0.1, 0.15) is 41.0 Å². The smallest absolute Gasteiger partial charge is 0.307 e. The molecule has 108 valence electrons. The number of ether oxygens (including phenoxy) is 1. The maximum atomic E-state index is 11.7. The fourth-order valence-corrected chi connectivity index (χ4v) is 1.81. The number of carbonyl (C=O) groups is 3. The summed E-state index contributed by atoms with van der Waals surface area (Å²) in [5, 5.41) is 2.29. The van der Waals surface area contributed by atoms with Crippen molar-refractivity contribution in [1.29, 1.82) is 0 Å². The van der Waals surface area contributed by atoms with Gasteiger partial charge in [0.25, 0.3) is 0 Å². The van der Waals surface area contributed by atoms with Crippen molar-refractivity contribution in [2.24, 2.45) is 0 Å². The predicted octanol–water partition coefficient (Wildman–Crippen LogP) is 0.455. The number of hydrogen-bond donors (Lipinski definition) is 1. The molecule has 0 atom stereocenters. The van der Waals surface area contributed by atoms with Gasteiger partial charge in [-0.3, -0.25) is 24.6 Å². The molecule has 1 aliphatic rings. The van der Waals surface area contributed by atoms with Crippen molar-refractivity contribution in [3.63, 3.8) is 0 Å². The van der Waals surface area contributed by atoms with E-state index < -0.39 is 11.1 Å². The van der Waals surface area contributed by atoms with Gasteiger partial charge >= 0.3 is 5.97 Å². The Bertz CT molecular complexity index is 396. The third kappa shape index (κ3) is 4.31. The molecule has 0 saturated carbocycles. The second-order valence-corrected chi connectivity index (χ2v) is 6.19. The molecule has 0 radical (unpaired) electrons. The Kier molecular flexibility index (Phi) is 4.35. The summed E-state index contributed by atoms with van der Waals surface area (Å²) in [4.78, 5) is 36.4. The van der Waals surface area contributed by atoms with Crippen LogP contribution in [0.25, 0.3) is 0 Å². The summed E-state index contributed by atoms with van der Waals surface area (Å²) in [5.41, 5.74) is -1.32. The predicted molar refractivity (Wildman–Crippen MR) is 69.3 cm³/mol. The van der Waals surface area contributed by atoms with Gasteiger partial charge in [0.1, 0.15) is 5.60 Å². The van der Waals surface area contributed by atoms with Gasteiger partial charge in [0.15, 0.2) is 0 Å². The van der Waals surface area contributed by atoms with Gasteiger partial charge in [0, 0.05) is 6.54 Å². The molecule has 0 aromatic rings. The number of rotatable bonds is 3. The van der Waals surface area contributed by atoms with Crippen molar-refractivity contribution in [2.75, 3.05) is 13.1 Å². The second kappa shape index (κ2) is 5.28.